The fourth-order valence-corrected chi connectivity index (χ4v) is 1.11. The van der Waals surface area contributed by atoms with Crippen LogP contribution in [0.3, 0.4) is 0 Å². The van der Waals surface area contributed by atoms with E-state index in [0.29, 0.717) is 17.8 Å². The molecule has 0 atom stereocenters. The van der Waals surface area contributed by atoms with E-state index >= 15 is 0 Å². The quantitative estimate of drug-likeness (QED) is 0.522. The van der Waals surface area contributed by atoms with Gasteiger partial charge in [0.25, 0.3) is 0 Å². The van der Waals surface area contributed by atoms with Crippen LogP contribution in [0.15, 0.2) is 0 Å². The maximum Gasteiger partial charge on any atom is 0.166 e. The number of thiocarbonyl (C=S) groups is 1. The van der Waals surface area contributed by atoms with Crippen LogP contribution in [-0.4, -0.2) is 30.4 Å². The Bertz CT molecular complexity index is 149. The minimum Gasteiger partial charge on any atom is -0.377 e. The first-order valence-corrected chi connectivity index (χ1v) is 5.09. The Morgan fingerprint density at radius 1 is 1.31 bits per heavy atom. The van der Waals surface area contributed by atoms with E-state index in [2.05, 4.69) is 24.5 Å². The third kappa shape index (κ3) is 9.56. The van der Waals surface area contributed by atoms with Gasteiger partial charge in [0.15, 0.2) is 5.11 Å². The molecule has 0 heterocycles. The molecule has 4 heteroatoms. The molecule has 13 heavy (non-hydrogen) atoms. The molecular weight excluding hydrogens is 184 g/mol. The van der Waals surface area contributed by atoms with Crippen LogP contribution in [0.4, 0.5) is 0 Å². The largest absolute Gasteiger partial charge is 0.377 e. The Hall–Kier alpha value is -0.350. The third-order valence-electron chi connectivity index (χ3n) is 1.26. The molecule has 0 spiro atoms. The highest BCUT2D eigenvalue weighted by Crippen LogP contribution is 1.85. The van der Waals surface area contributed by atoms with Crippen LogP contribution in [0.5, 0.6) is 0 Å². The summed E-state index contributed by atoms with van der Waals surface area (Å²) < 4.78 is 5.35. The van der Waals surface area contributed by atoms with Crippen molar-refractivity contribution < 1.29 is 4.74 Å². The molecule has 0 fully saturated rings. The van der Waals surface area contributed by atoms with Gasteiger partial charge in [0.1, 0.15) is 0 Å². The lowest BCUT2D eigenvalue weighted by Crippen LogP contribution is -2.40. The number of rotatable bonds is 5. The van der Waals surface area contributed by atoms with Crippen molar-refractivity contribution in [2.75, 3.05) is 13.2 Å². The Balaban J connectivity index is 3.27. The minimum absolute atomic E-state index is 0.286. The first-order chi connectivity index (χ1) is 6.02. The first kappa shape index (κ1) is 12.7. The predicted octanol–water partition coefficient (Wildman–Crippen LogP) is 1.28. The second-order valence-electron chi connectivity index (χ2n) is 3.47. The highest BCUT2D eigenvalue weighted by atomic mass is 32.1. The van der Waals surface area contributed by atoms with E-state index in [4.69, 9.17) is 17.0 Å². The van der Waals surface area contributed by atoms with Crippen molar-refractivity contribution in [2.24, 2.45) is 0 Å². The van der Waals surface area contributed by atoms with Crippen molar-refractivity contribution in [1.82, 2.24) is 10.6 Å². The van der Waals surface area contributed by atoms with Gasteiger partial charge in [-0.25, -0.2) is 0 Å². The van der Waals surface area contributed by atoms with Crippen LogP contribution < -0.4 is 10.6 Å². The van der Waals surface area contributed by atoms with Gasteiger partial charge in [-0.3, -0.25) is 0 Å². The fourth-order valence-electron chi connectivity index (χ4n) is 0.772. The van der Waals surface area contributed by atoms with E-state index in [0.717, 1.165) is 6.54 Å². The molecule has 0 saturated heterocycles. The molecular formula is C9H20N2OS. The van der Waals surface area contributed by atoms with Crippen LogP contribution in [0.1, 0.15) is 27.7 Å². The molecule has 0 aromatic rings. The van der Waals surface area contributed by atoms with Gasteiger partial charge in [-0.05, 0) is 39.9 Å². The van der Waals surface area contributed by atoms with Crippen LogP contribution in [0.25, 0.3) is 0 Å². The van der Waals surface area contributed by atoms with Crippen LogP contribution in [0.2, 0.25) is 0 Å². The Labute approximate surface area is 86.2 Å². The molecule has 0 aliphatic rings. The maximum absolute atomic E-state index is 5.35. The van der Waals surface area contributed by atoms with Gasteiger partial charge in [-0.15, -0.1) is 0 Å². The highest BCUT2D eigenvalue weighted by molar-refractivity contribution is 7.80. The molecule has 0 aromatic carbocycles. The minimum atomic E-state index is 0.286. The standard InChI is InChI=1S/C9H20N2OS/c1-7(2)11-9(13)10-5-6-12-8(3)4/h7-8H,5-6H2,1-4H3,(H2,10,11,13). The second kappa shape index (κ2) is 7.09. The summed E-state index contributed by atoms with van der Waals surface area (Å²) in [6.45, 7) is 9.60. The first-order valence-electron chi connectivity index (χ1n) is 4.68. The molecule has 78 valence electrons. The van der Waals surface area contributed by atoms with E-state index < -0.39 is 0 Å². The summed E-state index contributed by atoms with van der Waals surface area (Å²) in [6.07, 6.45) is 0.286. The van der Waals surface area contributed by atoms with E-state index in [1.54, 1.807) is 0 Å². The molecule has 0 unspecified atom stereocenters. The van der Waals surface area contributed by atoms with Gasteiger partial charge in [-0.1, -0.05) is 0 Å². The zero-order valence-electron chi connectivity index (χ0n) is 8.89. The van der Waals surface area contributed by atoms with Crippen molar-refractivity contribution in [3.05, 3.63) is 0 Å². The van der Waals surface area contributed by atoms with Gasteiger partial charge >= 0.3 is 0 Å². The summed E-state index contributed by atoms with van der Waals surface area (Å²) in [6, 6.07) is 0.381. The number of ether oxygens (including phenoxy) is 1. The SMILES string of the molecule is CC(C)NC(=S)NCCOC(C)C. The molecule has 0 saturated carbocycles. The summed E-state index contributed by atoms with van der Waals surface area (Å²) >= 11 is 5.03. The van der Waals surface area contributed by atoms with Crippen LogP contribution >= 0.6 is 12.2 Å². The molecule has 0 radical (unpaired) electrons. The molecule has 0 aliphatic carbocycles. The Morgan fingerprint density at radius 3 is 2.38 bits per heavy atom. The lowest BCUT2D eigenvalue weighted by atomic mass is 10.4. The normalized spacial score (nSPS) is 10.6. The average Bonchev–Trinajstić information content (AvgIpc) is 1.96. The summed E-state index contributed by atoms with van der Waals surface area (Å²) in [7, 11) is 0. The summed E-state index contributed by atoms with van der Waals surface area (Å²) in [4.78, 5) is 0. The summed E-state index contributed by atoms with van der Waals surface area (Å²) in [5, 5.41) is 6.86. The molecule has 3 nitrogen and oxygen atoms in total. The van der Waals surface area contributed by atoms with Gasteiger partial charge < -0.3 is 15.4 Å². The summed E-state index contributed by atoms with van der Waals surface area (Å²) in [5.74, 6) is 0. The number of hydrogen-bond donors (Lipinski definition) is 2. The summed E-state index contributed by atoms with van der Waals surface area (Å²) in [5.41, 5.74) is 0. The van der Waals surface area contributed by atoms with Crippen molar-refractivity contribution in [3.63, 3.8) is 0 Å². The number of nitrogens with one attached hydrogen (secondary N) is 2. The maximum atomic E-state index is 5.35. The molecule has 2 N–H and O–H groups in total. The van der Waals surface area contributed by atoms with Crippen LogP contribution in [-0.2, 0) is 4.74 Å². The second-order valence-corrected chi connectivity index (χ2v) is 3.88. The predicted molar refractivity (Wildman–Crippen MR) is 60.0 cm³/mol. The van der Waals surface area contributed by atoms with E-state index in [-0.39, 0.29) is 6.10 Å². The van der Waals surface area contributed by atoms with E-state index in [9.17, 15) is 0 Å². The lowest BCUT2D eigenvalue weighted by molar-refractivity contribution is 0.0830. The van der Waals surface area contributed by atoms with Gasteiger partial charge in [0.2, 0.25) is 0 Å². The zero-order chi connectivity index (χ0) is 10.3. The van der Waals surface area contributed by atoms with Crippen molar-refractivity contribution in [3.8, 4) is 0 Å². The monoisotopic (exact) mass is 204 g/mol. The van der Waals surface area contributed by atoms with E-state index in [1.807, 2.05) is 13.8 Å². The molecule has 0 amide bonds. The van der Waals surface area contributed by atoms with Crippen molar-refractivity contribution >= 4 is 17.3 Å². The molecule has 0 bridgehead atoms. The van der Waals surface area contributed by atoms with Crippen LogP contribution in [0, 0.1) is 0 Å². The molecule has 0 rings (SSSR count). The smallest absolute Gasteiger partial charge is 0.166 e. The Kier molecular flexibility index (Phi) is 6.90. The topological polar surface area (TPSA) is 33.3 Å². The van der Waals surface area contributed by atoms with Gasteiger partial charge in [0, 0.05) is 12.6 Å². The van der Waals surface area contributed by atoms with E-state index in [1.165, 1.54) is 0 Å². The fraction of sp³-hybridized carbons (Fsp3) is 0.889. The highest BCUT2D eigenvalue weighted by Gasteiger charge is 1.97. The average molecular weight is 204 g/mol. The van der Waals surface area contributed by atoms with Gasteiger partial charge in [-0.2, -0.15) is 0 Å². The van der Waals surface area contributed by atoms with Crippen molar-refractivity contribution in [2.45, 2.75) is 39.8 Å². The van der Waals surface area contributed by atoms with Crippen molar-refractivity contribution in [1.29, 1.82) is 0 Å². The van der Waals surface area contributed by atoms with Gasteiger partial charge in [0.05, 0.1) is 12.7 Å². The molecule has 0 aliphatic heterocycles. The Morgan fingerprint density at radius 2 is 1.92 bits per heavy atom. The zero-order valence-corrected chi connectivity index (χ0v) is 9.70. The third-order valence-corrected chi connectivity index (χ3v) is 1.52. The number of hydrogen-bond acceptors (Lipinski definition) is 2. The molecule has 0 aromatic heterocycles. The lowest BCUT2D eigenvalue weighted by Gasteiger charge is -2.13.